The number of amides is 2. The van der Waals surface area contributed by atoms with Gasteiger partial charge in [0.15, 0.2) is 0 Å². The average Bonchev–Trinajstić information content (AvgIpc) is 2.39. The summed E-state index contributed by atoms with van der Waals surface area (Å²) in [5.41, 5.74) is 6.17. The molecule has 1 unspecified atom stereocenters. The maximum absolute atomic E-state index is 12.2. The Labute approximate surface area is 116 Å². The number of aromatic nitrogens is 1. The fourth-order valence-electron chi connectivity index (χ4n) is 1.64. The summed E-state index contributed by atoms with van der Waals surface area (Å²) < 4.78 is 0. The molecule has 1 heterocycles. The molecule has 0 aromatic carbocycles. The maximum Gasteiger partial charge on any atom is 0.256 e. The molecule has 0 aliphatic rings. The molecule has 19 heavy (non-hydrogen) atoms. The van der Waals surface area contributed by atoms with Gasteiger partial charge in [-0.1, -0.05) is 18.5 Å². The van der Waals surface area contributed by atoms with Crippen molar-refractivity contribution in [2.45, 2.75) is 6.92 Å². The van der Waals surface area contributed by atoms with Crippen LogP contribution in [0.5, 0.6) is 0 Å². The lowest BCUT2D eigenvalue weighted by Gasteiger charge is -2.21. The van der Waals surface area contributed by atoms with Gasteiger partial charge in [-0.2, -0.15) is 0 Å². The van der Waals surface area contributed by atoms with Gasteiger partial charge in [-0.15, -0.1) is 0 Å². The summed E-state index contributed by atoms with van der Waals surface area (Å²) in [4.78, 5) is 28.8. The molecule has 0 aliphatic carbocycles. The van der Waals surface area contributed by atoms with Crippen molar-refractivity contribution in [1.29, 1.82) is 0 Å². The number of nitrogens with zero attached hydrogens (tertiary/aromatic N) is 2. The Morgan fingerprint density at radius 2 is 2.21 bits per heavy atom. The Balaban J connectivity index is 2.82. The van der Waals surface area contributed by atoms with Gasteiger partial charge in [0.1, 0.15) is 5.15 Å². The van der Waals surface area contributed by atoms with Crippen molar-refractivity contribution in [3.05, 3.63) is 23.0 Å². The zero-order valence-electron chi connectivity index (χ0n) is 11.1. The summed E-state index contributed by atoms with van der Waals surface area (Å²) in [5, 5.41) is 2.63. The van der Waals surface area contributed by atoms with Crippen molar-refractivity contribution in [1.82, 2.24) is 15.2 Å². The Bertz CT molecular complexity index is 493. The van der Waals surface area contributed by atoms with Crippen LogP contribution in [-0.4, -0.2) is 42.3 Å². The molecule has 6 nitrogen and oxygen atoms in total. The molecule has 0 saturated carbocycles. The Kier molecular flexibility index (Phi) is 5.11. The molecule has 0 saturated heterocycles. The number of carbonyl (C=O) groups excluding carboxylic acids is 2. The molecule has 7 heteroatoms. The third-order valence-corrected chi connectivity index (χ3v) is 2.98. The van der Waals surface area contributed by atoms with Crippen LogP contribution in [0.2, 0.25) is 5.15 Å². The van der Waals surface area contributed by atoms with Crippen LogP contribution in [-0.2, 0) is 4.79 Å². The van der Waals surface area contributed by atoms with E-state index in [1.165, 1.54) is 17.2 Å². The Hall–Kier alpha value is -1.82. The highest BCUT2D eigenvalue weighted by Gasteiger charge is 2.20. The van der Waals surface area contributed by atoms with Crippen molar-refractivity contribution >= 4 is 29.1 Å². The minimum Gasteiger partial charge on any atom is -0.397 e. The average molecular weight is 285 g/mol. The van der Waals surface area contributed by atoms with Gasteiger partial charge in [-0.25, -0.2) is 4.98 Å². The first kappa shape index (κ1) is 15.2. The van der Waals surface area contributed by atoms with E-state index in [4.69, 9.17) is 17.3 Å². The Morgan fingerprint density at radius 3 is 2.79 bits per heavy atom. The Morgan fingerprint density at radius 1 is 1.58 bits per heavy atom. The maximum atomic E-state index is 12.2. The molecule has 2 amide bonds. The smallest absolute Gasteiger partial charge is 0.256 e. The topological polar surface area (TPSA) is 88.3 Å². The van der Waals surface area contributed by atoms with Gasteiger partial charge >= 0.3 is 0 Å². The van der Waals surface area contributed by atoms with Crippen molar-refractivity contribution in [3.63, 3.8) is 0 Å². The highest BCUT2D eigenvalue weighted by atomic mass is 35.5. The second-order valence-electron chi connectivity index (χ2n) is 4.31. The number of anilines is 1. The quantitative estimate of drug-likeness (QED) is 0.800. The van der Waals surface area contributed by atoms with Crippen LogP contribution in [0.4, 0.5) is 5.69 Å². The summed E-state index contributed by atoms with van der Waals surface area (Å²) in [6.07, 6.45) is 1.38. The molecule has 1 rings (SSSR count). The number of hydrogen-bond donors (Lipinski definition) is 2. The second kappa shape index (κ2) is 6.38. The lowest BCUT2D eigenvalue weighted by molar-refractivity contribution is -0.124. The normalized spacial score (nSPS) is 11.8. The van der Waals surface area contributed by atoms with Gasteiger partial charge in [-0.3, -0.25) is 9.59 Å². The van der Waals surface area contributed by atoms with E-state index in [0.29, 0.717) is 5.69 Å². The van der Waals surface area contributed by atoms with E-state index in [1.54, 1.807) is 21.0 Å². The fraction of sp³-hybridized carbons (Fsp3) is 0.417. The number of pyridine rings is 1. The predicted molar refractivity (Wildman–Crippen MR) is 73.9 cm³/mol. The van der Waals surface area contributed by atoms with Crippen molar-refractivity contribution < 1.29 is 9.59 Å². The van der Waals surface area contributed by atoms with Crippen LogP contribution in [0.3, 0.4) is 0 Å². The number of nitrogen functional groups attached to an aromatic ring is 1. The molecule has 1 atom stereocenters. The van der Waals surface area contributed by atoms with Crippen LogP contribution in [0.15, 0.2) is 12.3 Å². The van der Waals surface area contributed by atoms with E-state index in [9.17, 15) is 9.59 Å². The molecule has 104 valence electrons. The third-order valence-electron chi connectivity index (χ3n) is 2.68. The second-order valence-corrected chi connectivity index (χ2v) is 4.67. The van der Waals surface area contributed by atoms with Gasteiger partial charge < -0.3 is 16.0 Å². The number of rotatable bonds is 4. The van der Waals surface area contributed by atoms with Crippen LogP contribution in [0.1, 0.15) is 17.3 Å². The van der Waals surface area contributed by atoms with E-state index >= 15 is 0 Å². The lowest BCUT2D eigenvalue weighted by Crippen LogP contribution is -2.37. The van der Waals surface area contributed by atoms with E-state index in [0.717, 1.165) is 0 Å². The van der Waals surface area contributed by atoms with Gasteiger partial charge in [0.05, 0.1) is 23.4 Å². The van der Waals surface area contributed by atoms with Gasteiger partial charge in [0.25, 0.3) is 5.91 Å². The van der Waals surface area contributed by atoms with Gasteiger partial charge in [-0.05, 0) is 6.07 Å². The van der Waals surface area contributed by atoms with E-state index in [-0.39, 0.29) is 35.0 Å². The largest absolute Gasteiger partial charge is 0.397 e. The van der Waals surface area contributed by atoms with Crippen molar-refractivity contribution in [2.24, 2.45) is 5.92 Å². The van der Waals surface area contributed by atoms with Gasteiger partial charge in [0, 0.05) is 20.6 Å². The van der Waals surface area contributed by atoms with Crippen molar-refractivity contribution in [2.75, 3.05) is 26.4 Å². The minimum absolute atomic E-state index is 0.0960. The molecule has 0 fully saturated rings. The van der Waals surface area contributed by atoms with Crippen LogP contribution < -0.4 is 11.1 Å². The van der Waals surface area contributed by atoms with Gasteiger partial charge in [0.2, 0.25) is 5.91 Å². The number of nitrogens with one attached hydrogen (secondary N) is 1. The third kappa shape index (κ3) is 3.82. The fourth-order valence-corrected chi connectivity index (χ4v) is 1.83. The summed E-state index contributed by atoms with van der Waals surface area (Å²) >= 11 is 5.87. The zero-order valence-corrected chi connectivity index (χ0v) is 11.9. The number of halogens is 1. The lowest BCUT2D eigenvalue weighted by atomic mass is 10.1. The standard InChI is InChI=1S/C12H17ClN4O2/c1-7(11(18)15-2)6-17(3)12(19)9-4-8(14)5-16-10(9)13/h4-5,7H,6,14H2,1-3H3,(H,15,18). The number of hydrogen-bond acceptors (Lipinski definition) is 4. The van der Waals surface area contributed by atoms with Crippen molar-refractivity contribution in [3.8, 4) is 0 Å². The van der Waals surface area contributed by atoms with Crippen LogP contribution in [0.25, 0.3) is 0 Å². The molecule has 0 spiro atoms. The predicted octanol–water partition coefficient (Wildman–Crippen LogP) is 0.771. The summed E-state index contributed by atoms with van der Waals surface area (Å²) in [6, 6.07) is 1.47. The highest BCUT2D eigenvalue weighted by Crippen LogP contribution is 2.17. The molecule has 3 N–H and O–H groups in total. The molecule has 1 aromatic rings. The molecule has 1 aromatic heterocycles. The van der Waals surface area contributed by atoms with Crippen LogP contribution in [0, 0.1) is 5.92 Å². The van der Waals surface area contributed by atoms with E-state index < -0.39 is 0 Å². The number of nitrogens with two attached hydrogens (primary N) is 1. The minimum atomic E-state index is -0.319. The highest BCUT2D eigenvalue weighted by molar-refractivity contribution is 6.32. The monoisotopic (exact) mass is 284 g/mol. The SMILES string of the molecule is CNC(=O)C(C)CN(C)C(=O)c1cc(N)cnc1Cl. The molecule has 0 bridgehead atoms. The van der Waals surface area contributed by atoms with Crippen LogP contribution >= 0.6 is 11.6 Å². The summed E-state index contributed by atoms with van der Waals surface area (Å²) in [5.74, 6) is -0.760. The molecular weight excluding hydrogens is 268 g/mol. The number of carbonyl (C=O) groups is 2. The molecule has 0 radical (unpaired) electrons. The zero-order chi connectivity index (χ0) is 14.6. The van der Waals surface area contributed by atoms with E-state index in [2.05, 4.69) is 10.3 Å². The first-order valence-electron chi connectivity index (χ1n) is 5.75. The first-order chi connectivity index (χ1) is 8.86. The molecule has 0 aliphatic heterocycles. The summed E-state index contributed by atoms with van der Waals surface area (Å²) in [6.45, 7) is 2.02. The van der Waals surface area contributed by atoms with E-state index in [1.807, 2.05) is 0 Å². The molecular formula is C12H17ClN4O2. The summed E-state index contributed by atoms with van der Waals surface area (Å²) in [7, 11) is 3.15. The first-order valence-corrected chi connectivity index (χ1v) is 6.12.